The molecule has 1 rings (SSSR count). The first-order valence-corrected chi connectivity index (χ1v) is 9.44. The monoisotopic (exact) mass is 347 g/mol. The van der Waals surface area contributed by atoms with Crippen LogP contribution in [-0.2, 0) is 4.74 Å². The molecule has 1 atom stereocenters. The Bertz CT molecular complexity index is 524. The fourth-order valence-electron chi connectivity index (χ4n) is 2.72. The van der Waals surface area contributed by atoms with E-state index in [1.807, 2.05) is 0 Å². The number of hydrogen-bond donors (Lipinski definition) is 2. The van der Waals surface area contributed by atoms with Gasteiger partial charge < -0.3 is 15.6 Å². The van der Waals surface area contributed by atoms with Crippen LogP contribution in [0.2, 0.25) is 0 Å². The van der Waals surface area contributed by atoms with Gasteiger partial charge in [-0.15, -0.1) is 0 Å². The normalized spacial score (nSPS) is 13.9. The highest BCUT2D eigenvalue weighted by atomic mass is 16.6. The minimum Gasteiger partial charge on any atom is -0.399 e. The van der Waals surface area contributed by atoms with Crippen LogP contribution in [0.4, 0.5) is 5.69 Å². The zero-order chi connectivity index (χ0) is 18.5. The predicted molar refractivity (Wildman–Crippen MR) is 104 cm³/mol. The van der Waals surface area contributed by atoms with Crippen molar-refractivity contribution in [2.45, 2.75) is 71.0 Å². The van der Waals surface area contributed by atoms with E-state index in [0.717, 1.165) is 12.8 Å². The van der Waals surface area contributed by atoms with Crippen LogP contribution in [0, 0.1) is 0 Å². The van der Waals surface area contributed by atoms with Crippen molar-refractivity contribution >= 4 is 11.5 Å². The molecule has 0 heterocycles. The second kappa shape index (κ2) is 11.8. The van der Waals surface area contributed by atoms with Crippen LogP contribution in [0.25, 0.3) is 0 Å². The summed E-state index contributed by atoms with van der Waals surface area (Å²) in [5, 5.41) is 10.6. The molecular weight excluding hydrogens is 314 g/mol. The first-order chi connectivity index (χ1) is 12.0. The van der Waals surface area contributed by atoms with Crippen LogP contribution in [0.1, 0.15) is 75.6 Å². The average Bonchev–Trinajstić information content (AvgIpc) is 2.60. The van der Waals surface area contributed by atoms with Crippen molar-refractivity contribution in [3.63, 3.8) is 0 Å². The summed E-state index contributed by atoms with van der Waals surface area (Å²) in [5.41, 5.74) is 6.60. The number of benzene rings is 1. The number of allylic oxidation sites excluding steroid dienone is 1. The molecule has 0 bridgehead atoms. The van der Waals surface area contributed by atoms with Crippen LogP contribution in [-0.4, -0.2) is 23.3 Å². The van der Waals surface area contributed by atoms with E-state index < -0.39 is 11.6 Å². The maximum absolute atomic E-state index is 12.6. The number of ketones is 1. The van der Waals surface area contributed by atoms with Crippen molar-refractivity contribution in [2.75, 3.05) is 12.3 Å². The molecule has 1 aromatic carbocycles. The highest BCUT2D eigenvalue weighted by Gasteiger charge is 2.34. The van der Waals surface area contributed by atoms with Crippen molar-refractivity contribution < 1.29 is 14.6 Å². The van der Waals surface area contributed by atoms with Crippen LogP contribution in [0.3, 0.4) is 0 Å². The summed E-state index contributed by atoms with van der Waals surface area (Å²) in [6.07, 6.45) is 12.5. The Kier molecular flexibility index (Phi) is 10.1. The number of carbonyl (C=O) groups is 1. The molecule has 0 saturated heterocycles. The molecule has 0 fully saturated rings. The second-order valence-electron chi connectivity index (χ2n) is 6.47. The van der Waals surface area contributed by atoms with Crippen LogP contribution < -0.4 is 5.73 Å². The summed E-state index contributed by atoms with van der Waals surface area (Å²) >= 11 is 0. The third kappa shape index (κ3) is 7.84. The van der Waals surface area contributed by atoms with E-state index in [0.29, 0.717) is 17.9 Å². The lowest BCUT2D eigenvalue weighted by molar-refractivity contribution is -0.132. The zero-order valence-electron chi connectivity index (χ0n) is 15.7. The fraction of sp³-hybridized carbons (Fsp3) is 0.571. The largest absolute Gasteiger partial charge is 0.399 e. The molecule has 4 heteroatoms. The molecule has 25 heavy (non-hydrogen) atoms. The van der Waals surface area contributed by atoms with Gasteiger partial charge in [-0.3, -0.25) is 4.79 Å². The van der Waals surface area contributed by atoms with Crippen molar-refractivity contribution in [3.8, 4) is 0 Å². The molecule has 0 amide bonds. The lowest BCUT2D eigenvalue weighted by atomic mass is 10.0. The first-order valence-electron chi connectivity index (χ1n) is 9.44. The Morgan fingerprint density at radius 3 is 2.20 bits per heavy atom. The molecule has 0 radical (unpaired) electrons. The number of Topliss-reactive ketones (excluding diaryl/α,β-unsaturated/α-hetero) is 1. The number of nitrogen functional groups attached to an aromatic ring is 1. The quantitative estimate of drug-likeness (QED) is 0.175. The van der Waals surface area contributed by atoms with Gasteiger partial charge in [0.15, 0.2) is 0 Å². The molecule has 140 valence electrons. The summed E-state index contributed by atoms with van der Waals surface area (Å²) in [4.78, 5) is 12.6. The second-order valence-corrected chi connectivity index (χ2v) is 6.47. The van der Waals surface area contributed by atoms with Crippen LogP contribution >= 0.6 is 0 Å². The number of nitrogens with two attached hydrogens (primary N) is 1. The fourth-order valence-corrected chi connectivity index (χ4v) is 2.72. The number of hydrogen-bond acceptors (Lipinski definition) is 4. The van der Waals surface area contributed by atoms with Crippen molar-refractivity contribution in [1.29, 1.82) is 0 Å². The van der Waals surface area contributed by atoms with Crippen molar-refractivity contribution in [1.82, 2.24) is 0 Å². The lowest BCUT2D eigenvalue weighted by Gasteiger charge is -2.23. The van der Waals surface area contributed by atoms with E-state index in [9.17, 15) is 9.90 Å². The molecule has 3 N–H and O–H groups in total. The Balaban J connectivity index is 2.42. The maximum Gasteiger partial charge on any atom is 0.251 e. The van der Waals surface area contributed by atoms with E-state index in [2.05, 4.69) is 6.92 Å². The van der Waals surface area contributed by atoms with Gasteiger partial charge in [0.1, 0.15) is 0 Å². The summed E-state index contributed by atoms with van der Waals surface area (Å²) in [5.74, 6) is -2.38. The zero-order valence-corrected chi connectivity index (χ0v) is 15.7. The molecule has 0 aliphatic rings. The van der Waals surface area contributed by atoms with E-state index >= 15 is 0 Å². The smallest absolute Gasteiger partial charge is 0.251 e. The van der Waals surface area contributed by atoms with Crippen LogP contribution in [0.15, 0.2) is 36.4 Å². The van der Waals surface area contributed by atoms with Gasteiger partial charge in [0.25, 0.3) is 5.79 Å². The third-order valence-corrected chi connectivity index (χ3v) is 4.21. The van der Waals surface area contributed by atoms with E-state index in [1.54, 1.807) is 37.3 Å². The molecular formula is C21H33NO3. The van der Waals surface area contributed by atoms with Gasteiger partial charge >= 0.3 is 0 Å². The number of ether oxygens (including phenoxy) is 1. The Morgan fingerprint density at radius 2 is 1.64 bits per heavy atom. The van der Waals surface area contributed by atoms with E-state index in [-0.39, 0.29) is 0 Å². The molecule has 1 unspecified atom stereocenters. The van der Waals surface area contributed by atoms with Gasteiger partial charge in [-0.25, -0.2) is 0 Å². The van der Waals surface area contributed by atoms with Gasteiger partial charge in [-0.2, -0.15) is 0 Å². The van der Waals surface area contributed by atoms with E-state index in [4.69, 9.17) is 10.5 Å². The van der Waals surface area contributed by atoms with Gasteiger partial charge in [0.05, 0.1) is 6.61 Å². The van der Waals surface area contributed by atoms with Gasteiger partial charge in [-0.1, -0.05) is 57.9 Å². The number of unbranched alkanes of at least 4 members (excludes halogenated alkanes) is 7. The lowest BCUT2D eigenvalue weighted by Crippen LogP contribution is -2.40. The first kappa shape index (κ1) is 21.4. The molecule has 0 saturated carbocycles. The Labute approximate surface area is 152 Å². The molecule has 0 spiro atoms. The van der Waals surface area contributed by atoms with Crippen molar-refractivity contribution in [3.05, 3.63) is 42.0 Å². The summed E-state index contributed by atoms with van der Waals surface area (Å²) in [6, 6.07) is 6.49. The minimum absolute atomic E-state index is 0.358. The highest BCUT2D eigenvalue weighted by Crippen LogP contribution is 2.19. The average molecular weight is 347 g/mol. The topological polar surface area (TPSA) is 72.5 Å². The minimum atomic E-state index is -1.91. The molecule has 0 aliphatic carbocycles. The number of anilines is 1. The molecule has 4 nitrogen and oxygen atoms in total. The predicted octanol–water partition coefficient (Wildman–Crippen LogP) is 4.87. The standard InChI is InChI=1S/C21H33NO3/c1-3-5-6-7-8-9-10-11-17-25-21(24,16-4-2)20(23)18-12-14-19(22)15-13-18/h4,12-16,24H,3,5-11,17,22H2,1-2H3. The van der Waals surface area contributed by atoms with Gasteiger partial charge in [0, 0.05) is 11.3 Å². The van der Waals surface area contributed by atoms with Gasteiger partial charge in [0.2, 0.25) is 5.78 Å². The molecule has 1 aromatic rings. The Hall–Kier alpha value is -1.65. The maximum atomic E-state index is 12.6. The van der Waals surface area contributed by atoms with Gasteiger partial charge in [-0.05, 0) is 43.7 Å². The van der Waals surface area contributed by atoms with E-state index in [1.165, 1.54) is 44.6 Å². The van der Waals surface area contributed by atoms with Crippen molar-refractivity contribution in [2.24, 2.45) is 0 Å². The molecule has 0 aromatic heterocycles. The van der Waals surface area contributed by atoms with Crippen LogP contribution in [0.5, 0.6) is 0 Å². The summed E-state index contributed by atoms with van der Waals surface area (Å²) in [7, 11) is 0. The summed E-state index contributed by atoms with van der Waals surface area (Å²) in [6.45, 7) is 4.33. The SMILES string of the molecule is CC=CC(O)(OCCCCCCCCCC)C(=O)c1ccc(N)cc1. The third-order valence-electron chi connectivity index (χ3n) is 4.21. The summed E-state index contributed by atoms with van der Waals surface area (Å²) < 4.78 is 5.55. The number of rotatable bonds is 13. The number of aliphatic hydroxyl groups is 1. The molecule has 0 aliphatic heterocycles. The number of carbonyl (C=O) groups excluding carboxylic acids is 1. The highest BCUT2D eigenvalue weighted by molar-refractivity contribution is 6.02. The Morgan fingerprint density at radius 1 is 1.08 bits per heavy atom.